The molecular weight excluding hydrogens is 341 g/mol. The minimum atomic E-state index is -0.253. The molecule has 6 heteroatoms. The van der Waals surface area contributed by atoms with Crippen LogP contribution in [0.5, 0.6) is 11.5 Å². The second kappa shape index (κ2) is 9.93. The molecule has 4 nitrogen and oxygen atoms in total. The van der Waals surface area contributed by atoms with Crippen molar-refractivity contribution >= 4 is 17.7 Å². The van der Waals surface area contributed by atoms with E-state index in [1.165, 1.54) is 23.9 Å². The van der Waals surface area contributed by atoms with Crippen LogP contribution in [0, 0.1) is 5.82 Å². The highest BCUT2D eigenvalue weighted by Crippen LogP contribution is 2.27. The fourth-order valence-corrected chi connectivity index (χ4v) is 3.11. The summed E-state index contributed by atoms with van der Waals surface area (Å²) in [4.78, 5) is 12.8. The first-order valence-corrected chi connectivity index (χ1v) is 8.97. The Hall–Kier alpha value is -2.21. The molecule has 0 aliphatic heterocycles. The van der Waals surface area contributed by atoms with Gasteiger partial charge in [-0.05, 0) is 48.4 Å². The Morgan fingerprint density at radius 3 is 2.48 bits per heavy atom. The number of amides is 1. The van der Waals surface area contributed by atoms with E-state index in [0.29, 0.717) is 30.2 Å². The van der Waals surface area contributed by atoms with Gasteiger partial charge in [0.05, 0.1) is 14.2 Å². The number of benzene rings is 2. The number of hydrogen-bond donors (Lipinski definition) is 1. The Labute approximate surface area is 151 Å². The number of halogens is 1. The number of rotatable bonds is 9. The van der Waals surface area contributed by atoms with Crippen molar-refractivity contribution in [1.82, 2.24) is 5.32 Å². The molecule has 0 unspecified atom stereocenters. The van der Waals surface area contributed by atoms with Crippen molar-refractivity contribution < 1.29 is 18.7 Å². The van der Waals surface area contributed by atoms with Crippen molar-refractivity contribution in [1.29, 1.82) is 0 Å². The Morgan fingerprint density at radius 2 is 1.80 bits per heavy atom. The fraction of sp³-hybridized carbons (Fsp3) is 0.316. The van der Waals surface area contributed by atoms with Crippen LogP contribution < -0.4 is 14.8 Å². The number of carbonyl (C=O) groups is 1. The van der Waals surface area contributed by atoms with Crippen LogP contribution in [0.3, 0.4) is 0 Å². The summed E-state index contributed by atoms with van der Waals surface area (Å²) in [5.74, 6) is 1.79. The number of methoxy groups -OCH3 is 2. The Kier molecular flexibility index (Phi) is 7.60. The largest absolute Gasteiger partial charge is 0.493 e. The molecule has 2 aromatic rings. The molecule has 0 atom stereocenters. The average Bonchev–Trinajstić information content (AvgIpc) is 2.63. The third-order valence-corrected chi connectivity index (χ3v) is 4.61. The second-order valence-corrected chi connectivity index (χ2v) is 6.51. The molecule has 1 N–H and O–H groups in total. The van der Waals surface area contributed by atoms with Gasteiger partial charge in [0, 0.05) is 23.6 Å². The van der Waals surface area contributed by atoms with Crippen molar-refractivity contribution in [3.63, 3.8) is 0 Å². The summed E-state index contributed by atoms with van der Waals surface area (Å²) in [6, 6.07) is 12.0. The van der Waals surface area contributed by atoms with Crippen molar-refractivity contribution in [2.24, 2.45) is 0 Å². The van der Waals surface area contributed by atoms with Gasteiger partial charge in [-0.1, -0.05) is 6.07 Å². The van der Waals surface area contributed by atoms with Gasteiger partial charge >= 0.3 is 0 Å². The third kappa shape index (κ3) is 6.31. The van der Waals surface area contributed by atoms with Gasteiger partial charge in [-0.25, -0.2) is 4.39 Å². The molecule has 0 aromatic heterocycles. The number of nitrogens with one attached hydrogen (secondary N) is 1. The lowest BCUT2D eigenvalue weighted by Gasteiger charge is -2.10. The summed E-state index contributed by atoms with van der Waals surface area (Å²) >= 11 is 1.54. The highest BCUT2D eigenvalue weighted by atomic mass is 32.2. The highest BCUT2D eigenvalue weighted by Gasteiger charge is 2.06. The molecular formula is C19H22FNO3S. The number of carbonyl (C=O) groups excluding carboxylic acids is 1. The second-order valence-electron chi connectivity index (χ2n) is 5.34. The zero-order valence-electron chi connectivity index (χ0n) is 14.4. The Balaban J connectivity index is 1.69. The molecule has 2 aromatic carbocycles. The van der Waals surface area contributed by atoms with Gasteiger partial charge in [-0.2, -0.15) is 0 Å². The molecule has 1 amide bonds. The van der Waals surface area contributed by atoms with Gasteiger partial charge in [-0.3, -0.25) is 4.79 Å². The van der Waals surface area contributed by atoms with E-state index in [-0.39, 0.29) is 11.7 Å². The van der Waals surface area contributed by atoms with Crippen LogP contribution >= 0.6 is 11.8 Å². The van der Waals surface area contributed by atoms with Crippen LogP contribution in [0.15, 0.2) is 47.4 Å². The van der Waals surface area contributed by atoms with Crippen LogP contribution in [-0.2, 0) is 11.2 Å². The first kappa shape index (κ1) is 19.1. The minimum Gasteiger partial charge on any atom is -0.493 e. The van der Waals surface area contributed by atoms with Gasteiger partial charge in [0.25, 0.3) is 0 Å². The summed E-state index contributed by atoms with van der Waals surface area (Å²) < 4.78 is 23.3. The van der Waals surface area contributed by atoms with Gasteiger partial charge in [-0.15, -0.1) is 11.8 Å². The molecule has 134 valence electrons. The van der Waals surface area contributed by atoms with Crippen LogP contribution in [0.2, 0.25) is 0 Å². The van der Waals surface area contributed by atoms with E-state index in [9.17, 15) is 9.18 Å². The Morgan fingerprint density at radius 1 is 1.08 bits per heavy atom. The summed E-state index contributed by atoms with van der Waals surface area (Å²) in [6.07, 6.45) is 1.14. The molecule has 0 fully saturated rings. The van der Waals surface area contributed by atoms with Crippen LogP contribution in [0.25, 0.3) is 0 Å². The molecule has 0 spiro atoms. The zero-order chi connectivity index (χ0) is 18.1. The molecule has 0 saturated carbocycles. The summed E-state index contributed by atoms with van der Waals surface area (Å²) in [7, 11) is 3.20. The average molecular weight is 363 g/mol. The number of thioether (sulfide) groups is 1. The standard InChI is InChI=1S/C19H22FNO3S/c1-23-17-8-3-14(13-18(17)24-2)9-11-21-19(22)10-12-25-16-6-4-15(20)5-7-16/h3-8,13H,9-12H2,1-2H3,(H,21,22). The van der Waals surface area contributed by atoms with E-state index in [1.807, 2.05) is 18.2 Å². The zero-order valence-corrected chi connectivity index (χ0v) is 15.2. The SMILES string of the molecule is COc1ccc(CCNC(=O)CCSc2ccc(F)cc2)cc1OC. The van der Waals surface area contributed by atoms with Crippen LogP contribution in [0.4, 0.5) is 4.39 Å². The third-order valence-electron chi connectivity index (χ3n) is 3.60. The molecule has 0 aliphatic rings. The van der Waals surface area contributed by atoms with E-state index < -0.39 is 0 Å². The molecule has 0 aliphatic carbocycles. The van der Waals surface area contributed by atoms with Crippen molar-refractivity contribution in [2.75, 3.05) is 26.5 Å². The maximum atomic E-state index is 12.8. The quantitative estimate of drug-likeness (QED) is 0.691. The highest BCUT2D eigenvalue weighted by molar-refractivity contribution is 7.99. The molecule has 2 rings (SSSR count). The van der Waals surface area contributed by atoms with E-state index >= 15 is 0 Å². The van der Waals surface area contributed by atoms with Gasteiger partial charge in [0.2, 0.25) is 5.91 Å². The lowest BCUT2D eigenvalue weighted by Crippen LogP contribution is -2.25. The monoisotopic (exact) mass is 363 g/mol. The Bertz CT molecular complexity index is 692. The van der Waals surface area contributed by atoms with Gasteiger partial charge in [0.15, 0.2) is 11.5 Å². The van der Waals surface area contributed by atoms with Crippen LogP contribution in [0.1, 0.15) is 12.0 Å². The van der Waals surface area contributed by atoms with Crippen molar-refractivity contribution in [3.05, 3.63) is 53.8 Å². The molecule has 0 heterocycles. The maximum Gasteiger partial charge on any atom is 0.220 e. The first-order chi connectivity index (χ1) is 12.1. The topological polar surface area (TPSA) is 47.6 Å². The first-order valence-electron chi connectivity index (χ1n) is 7.98. The van der Waals surface area contributed by atoms with E-state index in [4.69, 9.17) is 9.47 Å². The minimum absolute atomic E-state index is 0.00934. The lowest BCUT2D eigenvalue weighted by molar-refractivity contribution is -0.120. The predicted octanol–water partition coefficient (Wildman–Crippen LogP) is 3.68. The van der Waals surface area contributed by atoms with E-state index in [0.717, 1.165) is 16.9 Å². The molecule has 0 radical (unpaired) electrons. The van der Waals surface area contributed by atoms with Gasteiger partial charge < -0.3 is 14.8 Å². The number of hydrogen-bond acceptors (Lipinski definition) is 4. The maximum absolute atomic E-state index is 12.8. The number of ether oxygens (including phenoxy) is 2. The summed E-state index contributed by atoms with van der Waals surface area (Å²) in [6.45, 7) is 0.565. The molecule has 25 heavy (non-hydrogen) atoms. The summed E-state index contributed by atoms with van der Waals surface area (Å²) in [5, 5.41) is 2.91. The fourth-order valence-electron chi connectivity index (χ4n) is 2.26. The molecule has 0 bridgehead atoms. The van der Waals surface area contributed by atoms with E-state index in [1.54, 1.807) is 26.4 Å². The summed E-state index contributed by atoms with van der Waals surface area (Å²) in [5.41, 5.74) is 1.07. The van der Waals surface area contributed by atoms with Gasteiger partial charge in [0.1, 0.15) is 5.82 Å². The lowest BCUT2D eigenvalue weighted by atomic mass is 10.1. The van der Waals surface area contributed by atoms with Crippen molar-refractivity contribution in [3.8, 4) is 11.5 Å². The predicted molar refractivity (Wildman–Crippen MR) is 98.0 cm³/mol. The van der Waals surface area contributed by atoms with Crippen molar-refractivity contribution in [2.45, 2.75) is 17.7 Å². The normalized spacial score (nSPS) is 10.4. The van der Waals surface area contributed by atoms with Crippen LogP contribution in [-0.4, -0.2) is 32.4 Å². The van der Waals surface area contributed by atoms with E-state index in [2.05, 4.69) is 5.32 Å². The molecule has 0 saturated heterocycles. The smallest absolute Gasteiger partial charge is 0.220 e.